The lowest BCUT2D eigenvalue weighted by Crippen LogP contribution is -2.26. The van der Waals surface area contributed by atoms with Crippen LogP contribution in [-0.4, -0.2) is 16.5 Å². The van der Waals surface area contributed by atoms with Crippen molar-refractivity contribution < 1.29 is 0 Å². The Kier molecular flexibility index (Phi) is 3.48. The van der Waals surface area contributed by atoms with E-state index in [0.29, 0.717) is 12.5 Å². The predicted octanol–water partition coefficient (Wildman–Crippen LogP) is 2.68. The number of nitrogens with two attached hydrogens (primary N) is 1. The standard InChI is InChI=1S/C14H23N3/c1-10-9-12(11-5-4-6-11)17-13(16-10)14(2,3)7-8-15/h9,11H,4-8,15H2,1-3H3. The zero-order chi connectivity index (χ0) is 12.5. The highest BCUT2D eigenvalue weighted by atomic mass is 14.9. The Morgan fingerprint density at radius 2 is 2.06 bits per heavy atom. The van der Waals surface area contributed by atoms with Gasteiger partial charge in [-0.2, -0.15) is 0 Å². The van der Waals surface area contributed by atoms with Crippen LogP contribution in [0.2, 0.25) is 0 Å². The number of aromatic nitrogens is 2. The third-order valence-electron chi connectivity index (χ3n) is 3.77. The third kappa shape index (κ3) is 2.65. The highest BCUT2D eigenvalue weighted by Crippen LogP contribution is 2.36. The summed E-state index contributed by atoms with van der Waals surface area (Å²) in [6, 6.07) is 2.14. The zero-order valence-corrected chi connectivity index (χ0v) is 11.2. The van der Waals surface area contributed by atoms with Crippen molar-refractivity contribution in [3.8, 4) is 0 Å². The van der Waals surface area contributed by atoms with Crippen LogP contribution in [0.3, 0.4) is 0 Å². The first-order chi connectivity index (χ1) is 8.03. The molecule has 0 unspecified atom stereocenters. The Labute approximate surface area is 104 Å². The van der Waals surface area contributed by atoms with E-state index in [1.165, 1.54) is 25.0 Å². The summed E-state index contributed by atoms with van der Waals surface area (Å²) >= 11 is 0. The van der Waals surface area contributed by atoms with Gasteiger partial charge in [0.2, 0.25) is 0 Å². The molecule has 0 atom stereocenters. The second-order valence-electron chi connectivity index (χ2n) is 5.81. The minimum Gasteiger partial charge on any atom is -0.330 e. The van der Waals surface area contributed by atoms with Crippen LogP contribution in [0.25, 0.3) is 0 Å². The van der Waals surface area contributed by atoms with Crippen LogP contribution >= 0.6 is 0 Å². The van der Waals surface area contributed by atoms with Crippen molar-refractivity contribution in [3.05, 3.63) is 23.3 Å². The summed E-state index contributed by atoms with van der Waals surface area (Å²) in [6.07, 6.45) is 4.84. The third-order valence-corrected chi connectivity index (χ3v) is 3.77. The molecule has 2 rings (SSSR count). The quantitative estimate of drug-likeness (QED) is 0.870. The van der Waals surface area contributed by atoms with Crippen molar-refractivity contribution >= 4 is 0 Å². The van der Waals surface area contributed by atoms with E-state index in [9.17, 15) is 0 Å². The van der Waals surface area contributed by atoms with Crippen LogP contribution in [-0.2, 0) is 5.41 Å². The molecule has 1 aliphatic rings. The second-order valence-corrected chi connectivity index (χ2v) is 5.81. The van der Waals surface area contributed by atoms with E-state index >= 15 is 0 Å². The molecule has 0 spiro atoms. The largest absolute Gasteiger partial charge is 0.330 e. The maximum Gasteiger partial charge on any atom is 0.134 e. The molecule has 0 aromatic carbocycles. The summed E-state index contributed by atoms with van der Waals surface area (Å²) in [5.74, 6) is 1.63. The summed E-state index contributed by atoms with van der Waals surface area (Å²) in [4.78, 5) is 9.38. The molecule has 1 aliphatic carbocycles. The van der Waals surface area contributed by atoms with Gasteiger partial charge in [-0.05, 0) is 38.8 Å². The van der Waals surface area contributed by atoms with Gasteiger partial charge in [0.15, 0.2) is 0 Å². The molecule has 0 saturated heterocycles. The highest BCUT2D eigenvalue weighted by molar-refractivity contribution is 5.19. The Morgan fingerprint density at radius 3 is 2.59 bits per heavy atom. The number of nitrogens with zero attached hydrogens (tertiary/aromatic N) is 2. The first kappa shape index (κ1) is 12.5. The molecule has 1 aromatic rings. The van der Waals surface area contributed by atoms with Crippen LogP contribution in [0.15, 0.2) is 6.07 Å². The summed E-state index contributed by atoms with van der Waals surface area (Å²) in [6.45, 7) is 7.10. The monoisotopic (exact) mass is 233 g/mol. The Balaban J connectivity index is 2.30. The number of hydrogen-bond donors (Lipinski definition) is 1. The fourth-order valence-electron chi connectivity index (χ4n) is 2.28. The van der Waals surface area contributed by atoms with Gasteiger partial charge in [-0.3, -0.25) is 0 Å². The Morgan fingerprint density at radius 1 is 1.35 bits per heavy atom. The van der Waals surface area contributed by atoms with Crippen molar-refractivity contribution in [2.45, 2.75) is 57.8 Å². The lowest BCUT2D eigenvalue weighted by Gasteiger charge is -2.28. The van der Waals surface area contributed by atoms with Crippen molar-refractivity contribution in [3.63, 3.8) is 0 Å². The van der Waals surface area contributed by atoms with Crippen LogP contribution in [0.1, 0.15) is 62.7 Å². The molecule has 0 radical (unpaired) electrons. The predicted molar refractivity (Wildman–Crippen MR) is 70.1 cm³/mol. The van der Waals surface area contributed by atoms with E-state index in [2.05, 4.69) is 31.8 Å². The minimum absolute atomic E-state index is 0.0146. The van der Waals surface area contributed by atoms with Gasteiger partial charge in [-0.15, -0.1) is 0 Å². The Bertz CT molecular complexity index is 394. The first-order valence-electron chi connectivity index (χ1n) is 6.59. The topological polar surface area (TPSA) is 51.8 Å². The van der Waals surface area contributed by atoms with Gasteiger partial charge < -0.3 is 5.73 Å². The smallest absolute Gasteiger partial charge is 0.134 e. The van der Waals surface area contributed by atoms with Crippen LogP contribution in [0, 0.1) is 6.92 Å². The van der Waals surface area contributed by atoms with Gasteiger partial charge in [0.1, 0.15) is 5.82 Å². The van der Waals surface area contributed by atoms with E-state index in [1.807, 2.05) is 0 Å². The number of aryl methyl sites for hydroxylation is 1. The molecule has 0 aliphatic heterocycles. The summed E-state index contributed by atoms with van der Waals surface area (Å²) in [5.41, 5.74) is 7.98. The molecule has 0 bridgehead atoms. The van der Waals surface area contributed by atoms with E-state index in [-0.39, 0.29) is 5.41 Å². The average Bonchev–Trinajstić information content (AvgIpc) is 2.13. The van der Waals surface area contributed by atoms with Crippen molar-refractivity contribution in [1.82, 2.24) is 9.97 Å². The number of rotatable bonds is 4. The lowest BCUT2D eigenvalue weighted by molar-refractivity contribution is 0.399. The summed E-state index contributed by atoms with van der Waals surface area (Å²) in [5, 5.41) is 0. The molecule has 2 N–H and O–H groups in total. The molecule has 3 nitrogen and oxygen atoms in total. The highest BCUT2D eigenvalue weighted by Gasteiger charge is 2.27. The zero-order valence-electron chi connectivity index (χ0n) is 11.2. The van der Waals surface area contributed by atoms with E-state index in [0.717, 1.165) is 17.9 Å². The van der Waals surface area contributed by atoms with Gasteiger partial charge in [0, 0.05) is 22.7 Å². The van der Waals surface area contributed by atoms with Gasteiger partial charge >= 0.3 is 0 Å². The SMILES string of the molecule is Cc1cc(C2CCC2)nc(C(C)(C)CCN)n1. The minimum atomic E-state index is -0.0146. The van der Waals surface area contributed by atoms with Gasteiger partial charge in [-0.1, -0.05) is 20.3 Å². The van der Waals surface area contributed by atoms with Gasteiger partial charge in [0.05, 0.1) is 0 Å². The molecule has 1 heterocycles. The fraction of sp³-hybridized carbons (Fsp3) is 0.714. The molecule has 94 valence electrons. The first-order valence-corrected chi connectivity index (χ1v) is 6.59. The summed E-state index contributed by atoms with van der Waals surface area (Å²) in [7, 11) is 0. The lowest BCUT2D eigenvalue weighted by atomic mass is 9.82. The second kappa shape index (κ2) is 4.73. The Hall–Kier alpha value is -0.960. The molecule has 0 amide bonds. The van der Waals surface area contributed by atoms with Gasteiger partial charge in [-0.25, -0.2) is 9.97 Å². The fourth-order valence-corrected chi connectivity index (χ4v) is 2.28. The van der Waals surface area contributed by atoms with E-state index in [1.54, 1.807) is 0 Å². The normalized spacial score (nSPS) is 16.9. The van der Waals surface area contributed by atoms with E-state index in [4.69, 9.17) is 10.7 Å². The molecular formula is C14H23N3. The molecule has 1 fully saturated rings. The maximum atomic E-state index is 5.67. The van der Waals surface area contributed by atoms with Crippen molar-refractivity contribution in [1.29, 1.82) is 0 Å². The maximum absolute atomic E-state index is 5.67. The van der Waals surface area contributed by atoms with Gasteiger partial charge in [0.25, 0.3) is 0 Å². The van der Waals surface area contributed by atoms with Crippen LogP contribution in [0.4, 0.5) is 0 Å². The molecular weight excluding hydrogens is 210 g/mol. The molecule has 17 heavy (non-hydrogen) atoms. The van der Waals surface area contributed by atoms with Crippen LogP contribution < -0.4 is 5.73 Å². The molecule has 3 heteroatoms. The summed E-state index contributed by atoms with van der Waals surface area (Å²) < 4.78 is 0. The van der Waals surface area contributed by atoms with Crippen molar-refractivity contribution in [2.75, 3.05) is 6.54 Å². The average molecular weight is 233 g/mol. The van der Waals surface area contributed by atoms with Crippen LogP contribution in [0.5, 0.6) is 0 Å². The molecule has 1 aromatic heterocycles. The van der Waals surface area contributed by atoms with E-state index < -0.39 is 0 Å². The molecule has 1 saturated carbocycles. The number of hydrogen-bond acceptors (Lipinski definition) is 3. The van der Waals surface area contributed by atoms with Crippen molar-refractivity contribution in [2.24, 2.45) is 5.73 Å².